The second-order valence-electron chi connectivity index (χ2n) is 5.23. The van der Waals surface area contributed by atoms with Crippen LogP contribution in [-0.2, 0) is 19.1 Å². The number of methoxy groups -OCH3 is 1. The highest BCUT2D eigenvalue weighted by molar-refractivity contribution is 6.39. The van der Waals surface area contributed by atoms with E-state index in [1.54, 1.807) is 12.1 Å². The van der Waals surface area contributed by atoms with E-state index in [0.29, 0.717) is 0 Å². The van der Waals surface area contributed by atoms with E-state index < -0.39 is 36.1 Å². The maximum atomic E-state index is 12.8. The fraction of sp³-hybridized carbons (Fsp3) is 0.111. The Morgan fingerprint density at radius 1 is 0.926 bits per heavy atom. The first-order valence-electron chi connectivity index (χ1n) is 7.72. The topological polar surface area (TPSA) is 114 Å². The summed E-state index contributed by atoms with van der Waals surface area (Å²) in [5.41, 5.74) is 0.584. The van der Waals surface area contributed by atoms with E-state index in [0.717, 1.165) is 12.1 Å². The van der Waals surface area contributed by atoms with E-state index in [-0.39, 0.29) is 16.9 Å². The third-order valence-electron chi connectivity index (χ3n) is 3.32. The average Bonchev–Trinajstić information content (AvgIpc) is 2.67. The van der Waals surface area contributed by atoms with Crippen molar-refractivity contribution in [2.75, 3.05) is 24.3 Å². The van der Waals surface area contributed by atoms with Crippen LogP contribution in [0.3, 0.4) is 0 Å². The number of halogens is 1. The standard InChI is InChI=1S/C18H16FN3O5/c1-27-18(26)13-4-2-3-5-14(13)22-15(23)10-20-16(24)17(25)21-12-8-6-11(19)7-9-12/h2-9H,10H2,1H3,(H,20,24)(H,21,25)(H,22,23). The zero-order chi connectivity index (χ0) is 19.8. The molecule has 0 heterocycles. The van der Waals surface area contributed by atoms with Crippen LogP contribution in [-0.4, -0.2) is 37.3 Å². The molecule has 140 valence electrons. The third kappa shape index (κ3) is 5.63. The molecule has 2 aromatic rings. The minimum Gasteiger partial charge on any atom is -0.465 e. The fourth-order valence-corrected chi connectivity index (χ4v) is 2.04. The van der Waals surface area contributed by atoms with E-state index in [9.17, 15) is 23.6 Å². The molecule has 0 aliphatic carbocycles. The lowest BCUT2D eigenvalue weighted by Crippen LogP contribution is -2.39. The molecule has 0 fully saturated rings. The van der Waals surface area contributed by atoms with Crippen molar-refractivity contribution in [3.05, 3.63) is 59.9 Å². The lowest BCUT2D eigenvalue weighted by atomic mass is 10.2. The molecule has 0 unspecified atom stereocenters. The summed E-state index contributed by atoms with van der Waals surface area (Å²) in [6, 6.07) is 11.0. The molecule has 0 aromatic heterocycles. The molecule has 3 N–H and O–H groups in total. The number of esters is 1. The number of para-hydroxylation sites is 1. The van der Waals surface area contributed by atoms with Gasteiger partial charge in [0.05, 0.1) is 24.9 Å². The number of amides is 3. The van der Waals surface area contributed by atoms with Gasteiger partial charge in [0.2, 0.25) is 5.91 Å². The Hall–Kier alpha value is -3.75. The van der Waals surface area contributed by atoms with Crippen molar-refractivity contribution in [3.8, 4) is 0 Å². The van der Waals surface area contributed by atoms with Gasteiger partial charge in [-0.05, 0) is 36.4 Å². The van der Waals surface area contributed by atoms with Gasteiger partial charge in [0, 0.05) is 5.69 Å². The molecule has 0 spiro atoms. The molecule has 0 radical (unpaired) electrons. The maximum absolute atomic E-state index is 12.8. The lowest BCUT2D eigenvalue weighted by molar-refractivity contribution is -0.136. The van der Waals surface area contributed by atoms with Crippen LogP contribution in [0.5, 0.6) is 0 Å². The molecule has 8 nitrogen and oxygen atoms in total. The van der Waals surface area contributed by atoms with Crippen LogP contribution in [0, 0.1) is 5.82 Å². The van der Waals surface area contributed by atoms with Crippen LogP contribution in [0.25, 0.3) is 0 Å². The summed E-state index contributed by atoms with van der Waals surface area (Å²) in [4.78, 5) is 47.1. The Labute approximate surface area is 153 Å². The third-order valence-corrected chi connectivity index (χ3v) is 3.32. The molecule has 0 saturated heterocycles. The highest BCUT2D eigenvalue weighted by atomic mass is 19.1. The Morgan fingerprint density at radius 3 is 2.26 bits per heavy atom. The van der Waals surface area contributed by atoms with Gasteiger partial charge >= 0.3 is 17.8 Å². The van der Waals surface area contributed by atoms with Crippen molar-refractivity contribution >= 4 is 35.1 Å². The first kappa shape index (κ1) is 19.6. The number of hydrogen-bond acceptors (Lipinski definition) is 5. The first-order chi connectivity index (χ1) is 12.9. The van der Waals surface area contributed by atoms with Crippen molar-refractivity contribution in [1.82, 2.24) is 5.32 Å². The molecule has 2 rings (SSSR count). The van der Waals surface area contributed by atoms with Crippen molar-refractivity contribution in [1.29, 1.82) is 0 Å². The number of ether oxygens (including phenoxy) is 1. The summed E-state index contributed by atoms with van der Waals surface area (Å²) in [7, 11) is 1.21. The van der Waals surface area contributed by atoms with Crippen LogP contribution in [0.15, 0.2) is 48.5 Å². The predicted octanol–water partition coefficient (Wildman–Crippen LogP) is 1.31. The summed E-state index contributed by atoms with van der Waals surface area (Å²) >= 11 is 0. The zero-order valence-electron chi connectivity index (χ0n) is 14.2. The smallest absolute Gasteiger partial charge is 0.339 e. The van der Waals surface area contributed by atoms with E-state index in [2.05, 4.69) is 20.7 Å². The molecule has 0 bridgehead atoms. The molecule has 0 saturated carbocycles. The Morgan fingerprint density at radius 2 is 1.59 bits per heavy atom. The molecule has 0 atom stereocenters. The normalized spacial score (nSPS) is 9.85. The van der Waals surface area contributed by atoms with Gasteiger partial charge in [-0.1, -0.05) is 12.1 Å². The Balaban J connectivity index is 1.88. The van der Waals surface area contributed by atoms with Gasteiger partial charge in [-0.3, -0.25) is 14.4 Å². The quantitative estimate of drug-likeness (QED) is 0.540. The molecular formula is C18H16FN3O5. The van der Waals surface area contributed by atoms with Crippen LogP contribution in [0.4, 0.5) is 15.8 Å². The summed E-state index contributed by atoms with van der Waals surface area (Å²) in [5.74, 6) is -3.82. The number of carbonyl (C=O) groups is 4. The second-order valence-corrected chi connectivity index (χ2v) is 5.23. The number of benzene rings is 2. The van der Waals surface area contributed by atoms with Crippen molar-refractivity contribution in [3.63, 3.8) is 0 Å². The Kier molecular flexibility index (Phi) is 6.59. The highest BCUT2D eigenvalue weighted by Crippen LogP contribution is 2.15. The molecule has 2 aromatic carbocycles. The SMILES string of the molecule is COC(=O)c1ccccc1NC(=O)CNC(=O)C(=O)Nc1ccc(F)cc1. The largest absolute Gasteiger partial charge is 0.465 e. The van der Waals surface area contributed by atoms with Gasteiger partial charge in [-0.2, -0.15) is 0 Å². The van der Waals surface area contributed by atoms with Gasteiger partial charge in [0.15, 0.2) is 0 Å². The number of anilines is 2. The summed E-state index contributed by atoms with van der Waals surface area (Å²) in [5, 5.41) is 6.86. The molecule has 0 aliphatic rings. The van der Waals surface area contributed by atoms with Gasteiger partial charge < -0.3 is 20.7 Å². The predicted molar refractivity (Wildman–Crippen MR) is 94.5 cm³/mol. The average molecular weight is 373 g/mol. The van der Waals surface area contributed by atoms with E-state index in [1.165, 1.54) is 31.4 Å². The number of hydrogen-bond donors (Lipinski definition) is 3. The Bertz CT molecular complexity index is 868. The molecule has 3 amide bonds. The second kappa shape index (κ2) is 9.09. The van der Waals surface area contributed by atoms with Gasteiger partial charge in [0.25, 0.3) is 0 Å². The minimum atomic E-state index is -1.05. The molecule has 0 aliphatic heterocycles. The summed E-state index contributed by atoms with van der Waals surface area (Å²) in [6.45, 7) is -0.495. The lowest BCUT2D eigenvalue weighted by Gasteiger charge is -2.10. The van der Waals surface area contributed by atoms with Gasteiger partial charge in [-0.25, -0.2) is 9.18 Å². The van der Waals surface area contributed by atoms with Gasteiger partial charge in [-0.15, -0.1) is 0 Å². The molecule has 9 heteroatoms. The minimum absolute atomic E-state index is 0.147. The monoisotopic (exact) mass is 373 g/mol. The number of rotatable bonds is 5. The van der Waals surface area contributed by atoms with E-state index >= 15 is 0 Å². The van der Waals surface area contributed by atoms with Crippen LogP contribution in [0.1, 0.15) is 10.4 Å². The van der Waals surface area contributed by atoms with Crippen LogP contribution < -0.4 is 16.0 Å². The van der Waals surface area contributed by atoms with Crippen molar-refractivity contribution < 1.29 is 28.3 Å². The summed E-state index contributed by atoms with van der Waals surface area (Å²) < 4.78 is 17.4. The number of nitrogens with one attached hydrogen (secondary N) is 3. The van der Waals surface area contributed by atoms with Crippen molar-refractivity contribution in [2.45, 2.75) is 0 Å². The van der Waals surface area contributed by atoms with E-state index in [1.807, 2.05) is 0 Å². The molecule has 27 heavy (non-hydrogen) atoms. The zero-order valence-corrected chi connectivity index (χ0v) is 14.2. The van der Waals surface area contributed by atoms with Crippen molar-refractivity contribution in [2.24, 2.45) is 0 Å². The van der Waals surface area contributed by atoms with E-state index in [4.69, 9.17) is 0 Å². The van der Waals surface area contributed by atoms with Crippen LogP contribution >= 0.6 is 0 Å². The highest BCUT2D eigenvalue weighted by Gasteiger charge is 2.17. The fourth-order valence-electron chi connectivity index (χ4n) is 2.04. The summed E-state index contributed by atoms with van der Waals surface area (Å²) in [6.07, 6.45) is 0. The number of carbonyl (C=O) groups excluding carboxylic acids is 4. The maximum Gasteiger partial charge on any atom is 0.339 e. The first-order valence-corrected chi connectivity index (χ1v) is 7.72. The van der Waals surface area contributed by atoms with Crippen LogP contribution in [0.2, 0.25) is 0 Å². The molecular weight excluding hydrogens is 357 g/mol. The van der Waals surface area contributed by atoms with Gasteiger partial charge in [0.1, 0.15) is 5.82 Å².